The molecule has 0 N–H and O–H groups in total. The molecule has 0 radical (unpaired) electrons. The van der Waals surface area contributed by atoms with Crippen LogP contribution in [0.25, 0.3) is 0 Å². The molecule has 0 spiro atoms. The van der Waals surface area contributed by atoms with Gasteiger partial charge in [0.05, 0.1) is 12.7 Å². The summed E-state index contributed by atoms with van der Waals surface area (Å²) in [7, 11) is 2.43. The van der Waals surface area contributed by atoms with Crippen molar-refractivity contribution in [1.82, 2.24) is 4.90 Å². The molecule has 0 aromatic heterocycles. The van der Waals surface area contributed by atoms with Gasteiger partial charge in [-0.3, -0.25) is 4.90 Å². The second-order valence-electron chi connectivity index (χ2n) is 6.13. The second-order valence-corrected chi connectivity index (χ2v) is 6.13. The van der Waals surface area contributed by atoms with Crippen molar-refractivity contribution in [1.29, 1.82) is 0 Å². The van der Waals surface area contributed by atoms with Crippen LogP contribution in [0.4, 0.5) is 18.0 Å². The van der Waals surface area contributed by atoms with E-state index in [1.54, 1.807) is 20.8 Å². The SMILES string of the molecule is COc1cc(C(C=O)N(C)C(=O)OC(C)(C)C)ccc1C(F)(F)F. The van der Waals surface area contributed by atoms with Crippen LogP contribution in [0.3, 0.4) is 0 Å². The van der Waals surface area contributed by atoms with E-state index in [0.29, 0.717) is 6.29 Å². The Morgan fingerprint density at radius 2 is 1.83 bits per heavy atom. The first-order chi connectivity index (χ1) is 10.9. The molecule has 0 saturated heterocycles. The first-order valence-corrected chi connectivity index (χ1v) is 7.07. The van der Waals surface area contributed by atoms with Gasteiger partial charge in [-0.25, -0.2) is 4.79 Å². The van der Waals surface area contributed by atoms with E-state index in [1.807, 2.05) is 0 Å². The average Bonchev–Trinajstić information content (AvgIpc) is 2.44. The van der Waals surface area contributed by atoms with Gasteiger partial charge < -0.3 is 14.3 Å². The first kappa shape index (κ1) is 19.8. The minimum atomic E-state index is -4.59. The number of benzene rings is 1. The third-order valence-electron chi connectivity index (χ3n) is 3.10. The van der Waals surface area contributed by atoms with E-state index in [2.05, 4.69) is 0 Å². The summed E-state index contributed by atoms with van der Waals surface area (Å²) < 4.78 is 48.6. The lowest BCUT2D eigenvalue weighted by molar-refractivity contribution is -0.138. The number of ether oxygens (including phenoxy) is 2. The summed E-state index contributed by atoms with van der Waals surface area (Å²) >= 11 is 0. The number of carbonyl (C=O) groups is 2. The minimum absolute atomic E-state index is 0.184. The van der Waals surface area contributed by atoms with Gasteiger partial charge in [0.1, 0.15) is 23.7 Å². The normalized spacial score (nSPS) is 13.2. The van der Waals surface area contributed by atoms with Crippen molar-refractivity contribution in [3.05, 3.63) is 29.3 Å². The molecule has 1 rings (SSSR count). The van der Waals surface area contributed by atoms with E-state index in [9.17, 15) is 22.8 Å². The van der Waals surface area contributed by atoms with Crippen molar-refractivity contribution in [2.75, 3.05) is 14.2 Å². The van der Waals surface area contributed by atoms with Gasteiger partial charge in [-0.1, -0.05) is 6.07 Å². The molecule has 1 unspecified atom stereocenters. The number of nitrogens with zero attached hydrogens (tertiary/aromatic N) is 1. The minimum Gasteiger partial charge on any atom is -0.496 e. The molecule has 24 heavy (non-hydrogen) atoms. The molecule has 1 aromatic carbocycles. The number of hydrogen-bond acceptors (Lipinski definition) is 4. The van der Waals surface area contributed by atoms with Crippen molar-refractivity contribution in [3.8, 4) is 5.75 Å². The molecule has 0 saturated carbocycles. The topological polar surface area (TPSA) is 55.8 Å². The Labute approximate surface area is 138 Å². The van der Waals surface area contributed by atoms with Gasteiger partial charge in [0.2, 0.25) is 0 Å². The van der Waals surface area contributed by atoms with Gasteiger partial charge in [0.25, 0.3) is 0 Å². The Balaban J connectivity index is 3.17. The lowest BCUT2D eigenvalue weighted by Gasteiger charge is -2.28. The van der Waals surface area contributed by atoms with Gasteiger partial charge >= 0.3 is 12.3 Å². The van der Waals surface area contributed by atoms with Crippen molar-refractivity contribution in [3.63, 3.8) is 0 Å². The van der Waals surface area contributed by atoms with E-state index < -0.39 is 35.2 Å². The highest BCUT2D eigenvalue weighted by Gasteiger charge is 2.35. The van der Waals surface area contributed by atoms with Crippen molar-refractivity contribution in [2.45, 2.75) is 38.6 Å². The fourth-order valence-electron chi connectivity index (χ4n) is 1.97. The first-order valence-electron chi connectivity index (χ1n) is 7.07. The summed E-state index contributed by atoms with van der Waals surface area (Å²) in [5.74, 6) is -0.426. The highest BCUT2D eigenvalue weighted by Crippen LogP contribution is 2.37. The molecule has 0 bridgehead atoms. The summed E-state index contributed by atoms with van der Waals surface area (Å²) in [6, 6.07) is 1.93. The highest BCUT2D eigenvalue weighted by molar-refractivity contribution is 5.75. The number of carbonyl (C=O) groups excluding carboxylic acids is 2. The molecule has 0 aliphatic carbocycles. The Morgan fingerprint density at radius 3 is 2.25 bits per heavy atom. The zero-order valence-electron chi connectivity index (χ0n) is 14.1. The molecule has 134 valence electrons. The monoisotopic (exact) mass is 347 g/mol. The maximum Gasteiger partial charge on any atom is 0.419 e. The van der Waals surface area contributed by atoms with Crippen LogP contribution in [-0.2, 0) is 15.7 Å². The van der Waals surface area contributed by atoms with Crippen LogP contribution in [0, 0.1) is 0 Å². The fourth-order valence-corrected chi connectivity index (χ4v) is 1.97. The molecule has 8 heteroatoms. The number of likely N-dealkylation sites (N-methyl/N-ethyl adjacent to an activating group) is 1. The summed E-state index contributed by atoms with van der Waals surface area (Å²) in [6.07, 6.45) is -4.90. The van der Waals surface area contributed by atoms with Gasteiger partial charge in [0.15, 0.2) is 0 Å². The Morgan fingerprint density at radius 1 is 1.25 bits per heavy atom. The molecule has 0 aliphatic rings. The van der Waals surface area contributed by atoms with Crippen molar-refractivity contribution in [2.24, 2.45) is 0 Å². The molecule has 0 fully saturated rings. The molecular formula is C16H20F3NO4. The average molecular weight is 347 g/mol. The number of alkyl halides is 3. The van der Waals surface area contributed by atoms with Gasteiger partial charge in [-0.2, -0.15) is 13.2 Å². The van der Waals surface area contributed by atoms with Crippen LogP contribution in [0.5, 0.6) is 5.75 Å². The fraction of sp³-hybridized carbons (Fsp3) is 0.500. The Hall–Kier alpha value is -2.25. The van der Waals surface area contributed by atoms with Crippen molar-refractivity contribution < 1.29 is 32.2 Å². The lowest BCUT2D eigenvalue weighted by Crippen LogP contribution is -2.37. The van der Waals surface area contributed by atoms with Gasteiger partial charge in [0, 0.05) is 7.05 Å². The quantitative estimate of drug-likeness (QED) is 0.777. The number of hydrogen-bond donors (Lipinski definition) is 0. The predicted octanol–water partition coefficient (Wildman–Crippen LogP) is 3.82. The third-order valence-corrected chi connectivity index (χ3v) is 3.10. The molecule has 1 aromatic rings. The molecular weight excluding hydrogens is 327 g/mol. The lowest BCUT2D eigenvalue weighted by atomic mass is 10.0. The van der Waals surface area contributed by atoms with Crippen molar-refractivity contribution >= 4 is 12.4 Å². The Kier molecular flexibility index (Phi) is 5.86. The summed E-state index contributed by atoms with van der Waals surface area (Å²) in [5, 5.41) is 0. The number of amides is 1. The van der Waals surface area contributed by atoms with E-state index in [1.165, 1.54) is 7.05 Å². The third kappa shape index (κ3) is 4.87. The van der Waals surface area contributed by atoms with Gasteiger partial charge in [-0.05, 0) is 38.5 Å². The van der Waals surface area contributed by atoms with Crippen LogP contribution in [0.1, 0.15) is 37.9 Å². The second kappa shape index (κ2) is 7.11. The van der Waals surface area contributed by atoms with Crippen LogP contribution in [0.15, 0.2) is 18.2 Å². The number of aldehydes is 1. The van der Waals surface area contributed by atoms with Gasteiger partial charge in [-0.15, -0.1) is 0 Å². The standard InChI is InChI=1S/C16H20F3NO4/c1-15(2,3)24-14(22)20(4)12(9-21)10-6-7-11(16(17,18)19)13(8-10)23-5/h6-9,12H,1-5H3. The van der Waals surface area contributed by atoms with E-state index in [-0.39, 0.29) is 5.56 Å². The van der Waals surface area contributed by atoms with Crippen LogP contribution < -0.4 is 4.74 Å². The maximum absolute atomic E-state index is 12.9. The largest absolute Gasteiger partial charge is 0.496 e. The number of halogens is 3. The summed E-state index contributed by atoms with van der Waals surface area (Å²) in [4.78, 5) is 24.4. The summed E-state index contributed by atoms with van der Waals surface area (Å²) in [5.41, 5.74) is -1.54. The molecule has 5 nitrogen and oxygen atoms in total. The van der Waals surface area contributed by atoms with Crippen LogP contribution in [0.2, 0.25) is 0 Å². The Bertz CT molecular complexity index is 608. The maximum atomic E-state index is 12.9. The summed E-state index contributed by atoms with van der Waals surface area (Å²) in [6.45, 7) is 4.99. The van der Waals surface area contributed by atoms with E-state index in [0.717, 1.165) is 30.2 Å². The van der Waals surface area contributed by atoms with Crippen LogP contribution >= 0.6 is 0 Å². The molecule has 1 amide bonds. The van der Waals surface area contributed by atoms with Crippen LogP contribution in [-0.4, -0.2) is 37.0 Å². The zero-order chi connectivity index (χ0) is 18.7. The molecule has 1 atom stereocenters. The predicted molar refractivity (Wildman–Crippen MR) is 80.8 cm³/mol. The smallest absolute Gasteiger partial charge is 0.419 e. The number of rotatable bonds is 4. The van der Waals surface area contributed by atoms with E-state index >= 15 is 0 Å². The molecule has 0 aliphatic heterocycles. The van der Waals surface area contributed by atoms with E-state index in [4.69, 9.17) is 9.47 Å². The zero-order valence-corrected chi connectivity index (χ0v) is 14.1. The number of methoxy groups -OCH3 is 1. The molecule has 0 heterocycles. The highest BCUT2D eigenvalue weighted by atomic mass is 19.4.